The first-order chi connectivity index (χ1) is 10.2. The third kappa shape index (κ3) is 3.13. The lowest BCUT2D eigenvalue weighted by molar-refractivity contribution is 0.599. The zero-order chi connectivity index (χ0) is 14.8. The summed E-state index contributed by atoms with van der Waals surface area (Å²) in [4.78, 5) is 4.43. The molecule has 21 heavy (non-hydrogen) atoms. The topological polar surface area (TPSA) is 42.7 Å². The maximum atomic E-state index is 14.4. The summed E-state index contributed by atoms with van der Waals surface area (Å²) in [5.74, 6) is 1.31. The first kappa shape index (κ1) is 14.2. The normalized spacial score (nSPS) is 14.6. The molecule has 3 rings (SSSR count). The second-order valence-electron chi connectivity index (χ2n) is 5.50. The molecule has 1 aliphatic rings. The Morgan fingerprint density at radius 3 is 2.71 bits per heavy atom. The summed E-state index contributed by atoms with van der Waals surface area (Å²) in [5.41, 5.74) is 1.45. The molecule has 1 heterocycles. The monoisotopic (exact) mass is 288 g/mol. The van der Waals surface area contributed by atoms with Crippen LogP contribution in [0.2, 0.25) is 0 Å². The number of halogens is 1. The van der Waals surface area contributed by atoms with Gasteiger partial charge >= 0.3 is 0 Å². The Morgan fingerprint density at radius 2 is 2.10 bits per heavy atom. The van der Waals surface area contributed by atoms with Crippen molar-refractivity contribution < 1.29 is 4.39 Å². The quantitative estimate of drug-likeness (QED) is 0.889. The van der Waals surface area contributed by atoms with Crippen LogP contribution >= 0.6 is 0 Å². The number of aryl methyl sites for hydroxylation is 2. The van der Waals surface area contributed by atoms with E-state index in [1.54, 1.807) is 16.8 Å². The van der Waals surface area contributed by atoms with Gasteiger partial charge in [0.15, 0.2) is 5.82 Å². The number of hydrogen-bond acceptors (Lipinski definition) is 3. The van der Waals surface area contributed by atoms with Gasteiger partial charge in [0.05, 0.1) is 0 Å². The van der Waals surface area contributed by atoms with Crippen LogP contribution in [0, 0.1) is 5.82 Å². The predicted octanol–water partition coefficient (Wildman–Crippen LogP) is 2.78. The second-order valence-corrected chi connectivity index (χ2v) is 5.50. The van der Waals surface area contributed by atoms with Crippen molar-refractivity contribution in [2.45, 2.75) is 52.1 Å². The summed E-state index contributed by atoms with van der Waals surface area (Å²) in [6, 6.07) is 5.98. The van der Waals surface area contributed by atoms with E-state index < -0.39 is 0 Å². The fraction of sp³-hybridized carbons (Fsp3) is 0.500. The van der Waals surface area contributed by atoms with Crippen molar-refractivity contribution in [3.05, 3.63) is 41.2 Å². The Morgan fingerprint density at radius 1 is 1.29 bits per heavy atom. The molecule has 1 N–H and O–H groups in total. The largest absolute Gasteiger partial charge is 0.310 e. The lowest BCUT2D eigenvalue weighted by atomic mass is 10.2. The molecule has 0 aliphatic heterocycles. The summed E-state index contributed by atoms with van der Waals surface area (Å²) in [6.07, 6.45) is 3.96. The van der Waals surface area contributed by atoms with Crippen LogP contribution in [0.15, 0.2) is 18.2 Å². The minimum atomic E-state index is -0.243. The van der Waals surface area contributed by atoms with Crippen molar-refractivity contribution >= 4 is 0 Å². The SMILES string of the molecule is CCc1nc(CC)n(-c2ccc(CNC3CC3)cc2F)n1. The summed E-state index contributed by atoms with van der Waals surface area (Å²) in [6.45, 7) is 4.73. The Kier molecular flexibility index (Phi) is 4.01. The van der Waals surface area contributed by atoms with Crippen LogP contribution in [-0.4, -0.2) is 20.8 Å². The van der Waals surface area contributed by atoms with E-state index in [-0.39, 0.29) is 5.82 Å². The lowest BCUT2D eigenvalue weighted by Gasteiger charge is -2.08. The zero-order valence-electron chi connectivity index (χ0n) is 12.6. The van der Waals surface area contributed by atoms with Crippen molar-refractivity contribution in [3.63, 3.8) is 0 Å². The fourth-order valence-electron chi connectivity index (χ4n) is 2.35. The fourth-order valence-corrected chi connectivity index (χ4v) is 2.35. The van der Waals surface area contributed by atoms with Crippen LogP contribution in [0.3, 0.4) is 0 Å². The molecule has 0 saturated heterocycles. The van der Waals surface area contributed by atoms with Gasteiger partial charge in [0.2, 0.25) is 0 Å². The summed E-state index contributed by atoms with van der Waals surface area (Å²) in [7, 11) is 0. The second kappa shape index (κ2) is 5.93. The van der Waals surface area contributed by atoms with Crippen molar-refractivity contribution in [3.8, 4) is 5.69 Å². The molecule has 1 aromatic carbocycles. The molecule has 0 radical (unpaired) electrons. The number of nitrogens with zero attached hydrogens (tertiary/aromatic N) is 3. The number of nitrogens with one attached hydrogen (secondary N) is 1. The zero-order valence-corrected chi connectivity index (χ0v) is 12.6. The van der Waals surface area contributed by atoms with Crippen molar-refractivity contribution in [1.82, 2.24) is 20.1 Å². The van der Waals surface area contributed by atoms with Gasteiger partial charge in [0.25, 0.3) is 0 Å². The highest BCUT2D eigenvalue weighted by atomic mass is 19.1. The molecule has 5 heteroatoms. The predicted molar refractivity (Wildman–Crippen MR) is 79.9 cm³/mol. The Balaban J connectivity index is 1.85. The van der Waals surface area contributed by atoms with Gasteiger partial charge in [-0.2, -0.15) is 5.10 Å². The smallest absolute Gasteiger partial charge is 0.151 e. The number of aromatic nitrogens is 3. The van der Waals surface area contributed by atoms with Gasteiger partial charge in [-0.25, -0.2) is 14.1 Å². The summed E-state index contributed by atoms with van der Waals surface area (Å²) < 4.78 is 16.0. The van der Waals surface area contributed by atoms with Crippen LogP contribution in [0.1, 0.15) is 43.9 Å². The molecule has 112 valence electrons. The lowest BCUT2D eigenvalue weighted by Crippen LogP contribution is -2.15. The van der Waals surface area contributed by atoms with E-state index in [9.17, 15) is 4.39 Å². The highest BCUT2D eigenvalue weighted by Gasteiger charge is 2.20. The molecule has 0 unspecified atom stereocenters. The first-order valence-electron chi connectivity index (χ1n) is 7.68. The highest BCUT2D eigenvalue weighted by molar-refractivity contribution is 5.36. The molecule has 1 fully saturated rings. The Bertz CT molecular complexity index is 631. The van der Waals surface area contributed by atoms with Gasteiger partial charge in [0.1, 0.15) is 17.3 Å². The van der Waals surface area contributed by atoms with E-state index in [0.717, 1.165) is 36.6 Å². The van der Waals surface area contributed by atoms with E-state index in [1.165, 1.54) is 12.8 Å². The number of hydrogen-bond donors (Lipinski definition) is 1. The van der Waals surface area contributed by atoms with Gasteiger partial charge in [-0.3, -0.25) is 0 Å². The van der Waals surface area contributed by atoms with Crippen LogP contribution in [-0.2, 0) is 19.4 Å². The molecule has 1 aliphatic carbocycles. The van der Waals surface area contributed by atoms with Crippen LogP contribution < -0.4 is 5.32 Å². The van der Waals surface area contributed by atoms with E-state index in [2.05, 4.69) is 15.4 Å². The van der Waals surface area contributed by atoms with Gasteiger partial charge in [-0.1, -0.05) is 19.9 Å². The van der Waals surface area contributed by atoms with Crippen LogP contribution in [0.5, 0.6) is 0 Å². The van der Waals surface area contributed by atoms with E-state index in [0.29, 0.717) is 11.7 Å². The van der Waals surface area contributed by atoms with Gasteiger partial charge in [-0.15, -0.1) is 0 Å². The van der Waals surface area contributed by atoms with E-state index in [4.69, 9.17) is 0 Å². The van der Waals surface area contributed by atoms with Crippen LogP contribution in [0.4, 0.5) is 4.39 Å². The van der Waals surface area contributed by atoms with Crippen LogP contribution in [0.25, 0.3) is 5.69 Å². The number of benzene rings is 1. The molecular formula is C16H21FN4. The van der Waals surface area contributed by atoms with E-state index in [1.807, 2.05) is 19.9 Å². The van der Waals surface area contributed by atoms with Gasteiger partial charge < -0.3 is 5.32 Å². The molecule has 1 saturated carbocycles. The van der Waals surface area contributed by atoms with Gasteiger partial charge in [0, 0.05) is 25.4 Å². The summed E-state index contributed by atoms with van der Waals surface area (Å²) >= 11 is 0. The first-order valence-corrected chi connectivity index (χ1v) is 7.68. The summed E-state index contributed by atoms with van der Waals surface area (Å²) in [5, 5.41) is 7.79. The molecule has 0 atom stereocenters. The molecule has 4 nitrogen and oxygen atoms in total. The molecule has 1 aromatic heterocycles. The Labute approximate surface area is 124 Å². The molecule has 2 aromatic rings. The molecule has 0 amide bonds. The minimum Gasteiger partial charge on any atom is -0.310 e. The molecular weight excluding hydrogens is 267 g/mol. The standard InChI is InChI=1S/C16H21FN4/c1-3-15-19-16(4-2)21(20-15)14-8-5-11(9-13(14)17)10-18-12-6-7-12/h5,8-9,12,18H,3-4,6-7,10H2,1-2H3. The minimum absolute atomic E-state index is 0.243. The van der Waals surface area contributed by atoms with Crippen molar-refractivity contribution in [2.75, 3.05) is 0 Å². The Hall–Kier alpha value is -1.75. The third-order valence-corrected chi connectivity index (χ3v) is 3.76. The van der Waals surface area contributed by atoms with E-state index >= 15 is 0 Å². The van der Waals surface area contributed by atoms with Crippen molar-refractivity contribution in [1.29, 1.82) is 0 Å². The highest BCUT2D eigenvalue weighted by Crippen LogP contribution is 2.21. The third-order valence-electron chi connectivity index (χ3n) is 3.76. The van der Waals surface area contributed by atoms with Gasteiger partial charge in [-0.05, 0) is 30.5 Å². The van der Waals surface area contributed by atoms with Crippen molar-refractivity contribution in [2.24, 2.45) is 0 Å². The maximum absolute atomic E-state index is 14.4. The average Bonchev–Trinajstić information content (AvgIpc) is 3.23. The molecule has 0 spiro atoms. The maximum Gasteiger partial charge on any atom is 0.151 e. The average molecular weight is 288 g/mol. The number of rotatable bonds is 6. The molecule has 0 bridgehead atoms.